The topological polar surface area (TPSA) is 74.7 Å². The second-order valence-electron chi connectivity index (χ2n) is 4.57. The molecule has 0 aliphatic carbocycles. The fourth-order valence-corrected chi connectivity index (χ4v) is 2.76. The number of imide groups is 1. The summed E-state index contributed by atoms with van der Waals surface area (Å²) < 4.78 is 0. The molecule has 0 bridgehead atoms. The van der Waals surface area contributed by atoms with Crippen LogP contribution in [0.25, 0.3) is 6.08 Å². The van der Waals surface area contributed by atoms with Crippen LogP contribution < -0.4 is 0 Å². The van der Waals surface area contributed by atoms with Crippen molar-refractivity contribution >= 4 is 35.0 Å². The number of aromatic carboxylic acids is 1. The lowest BCUT2D eigenvalue weighted by Crippen LogP contribution is -2.34. The first-order valence-corrected chi connectivity index (χ1v) is 6.82. The third-order valence-electron chi connectivity index (χ3n) is 2.80. The van der Waals surface area contributed by atoms with Gasteiger partial charge in [0.1, 0.15) is 0 Å². The molecule has 1 fully saturated rings. The number of hydrogen-bond donors (Lipinski definition) is 1. The molecule has 1 aliphatic heterocycles. The third kappa shape index (κ3) is 2.75. The van der Waals surface area contributed by atoms with Crippen LogP contribution in [0.1, 0.15) is 29.8 Å². The Kier molecular flexibility index (Phi) is 3.94. The Hall–Kier alpha value is -2.08. The molecule has 0 radical (unpaired) electrons. The lowest BCUT2D eigenvalue weighted by molar-refractivity contribution is -0.123. The minimum atomic E-state index is -1.00. The third-order valence-corrected chi connectivity index (χ3v) is 3.68. The first kappa shape index (κ1) is 14.3. The van der Waals surface area contributed by atoms with E-state index < -0.39 is 5.97 Å². The van der Waals surface area contributed by atoms with Crippen LogP contribution in [0.2, 0.25) is 0 Å². The van der Waals surface area contributed by atoms with E-state index in [2.05, 4.69) is 0 Å². The molecule has 1 saturated heterocycles. The van der Waals surface area contributed by atoms with Crippen LogP contribution in [-0.2, 0) is 4.79 Å². The molecule has 0 saturated carbocycles. The molecule has 0 spiro atoms. The van der Waals surface area contributed by atoms with E-state index in [4.69, 9.17) is 5.11 Å². The average molecular weight is 291 g/mol. The van der Waals surface area contributed by atoms with Gasteiger partial charge < -0.3 is 5.11 Å². The number of hydrogen-bond acceptors (Lipinski definition) is 4. The Bertz CT molecular complexity index is 604. The Morgan fingerprint density at radius 1 is 1.25 bits per heavy atom. The highest BCUT2D eigenvalue weighted by Gasteiger charge is 2.36. The first-order chi connectivity index (χ1) is 9.40. The molecular formula is C14H13NO4S. The summed E-state index contributed by atoms with van der Waals surface area (Å²) in [5.74, 6) is -1.31. The maximum absolute atomic E-state index is 12.1. The van der Waals surface area contributed by atoms with Gasteiger partial charge in [-0.15, -0.1) is 0 Å². The number of nitrogens with zero attached hydrogens (tertiary/aromatic N) is 1. The Morgan fingerprint density at radius 3 is 2.30 bits per heavy atom. The summed E-state index contributed by atoms with van der Waals surface area (Å²) in [5.41, 5.74) is 0.863. The molecule has 0 atom stereocenters. The second kappa shape index (κ2) is 5.50. The van der Waals surface area contributed by atoms with Crippen LogP contribution in [0.5, 0.6) is 0 Å². The summed E-state index contributed by atoms with van der Waals surface area (Å²) in [4.78, 5) is 36.1. The highest BCUT2D eigenvalue weighted by molar-refractivity contribution is 8.18. The second-order valence-corrected chi connectivity index (χ2v) is 5.57. The predicted octanol–water partition coefficient (Wildman–Crippen LogP) is 2.83. The first-order valence-electron chi connectivity index (χ1n) is 6.00. The fourth-order valence-electron chi connectivity index (χ4n) is 1.80. The summed E-state index contributed by atoms with van der Waals surface area (Å²) in [5, 5.41) is 8.53. The Balaban J connectivity index is 2.26. The lowest BCUT2D eigenvalue weighted by Gasteiger charge is -2.16. The van der Waals surface area contributed by atoms with E-state index >= 15 is 0 Å². The van der Waals surface area contributed by atoms with Crippen molar-refractivity contribution in [3.63, 3.8) is 0 Å². The molecule has 20 heavy (non-hydrogen) atoms. The van der Waals surface area contributed by atoms with Gasteiger partial charge in [-0.3, -0.25) is 14.5 Å². The molecule has 2 amide bonds. The molecule has 1 aromatic rings. The van der Waals surface area contributed by atoms with Gasteiger partial charge in [-0.1, -0.05) is 12.1 Å². The maximum atomic E-state index is 12.1. The number of amides is 2. The molecule has 6 heteroatoms. The average Bonchev–Trinajstić information content (AvgIpc) is 2.65. The lowest BCUT2D eigenvalue weighted by atomic mass is 10.1. The van der Waals surface area contributed by atoms with Crippen LogP contribution in [0.4, 0.5) is 4.79 Å². The molecule has 1 aromatic carbocycles. The summed E-state index contributed by atoms with van der Waals surface area (Å²) in [6, 6.07) is 5.95. The van der Waals surface area contributed by atoms with Crippen molar-refractivity contribution in [3.8, 4) is 0 Å². The summed E-state index contributed by atoms with van der Waals surface area (Å²) in [6.07, 6.45) is 1.60. The highest BCUT2D eigenvalue weighted by atomic mass is 32.2. The minimum Gasteiger partial charge on any atom is -0.478 e. The van der Waals surface area contributed by atoms with Gasteiger partial charge in [-0.2, -0.15) is 0 Å². The van der Waals surface area contributed by atoms with Gasteiger partial charge in [0.2, 0.25) is 0 Å². The minimum absolute atomic E-state index is 0.178. The van der Waals surface area contributed by atoms with Gasteiger partial charge >= 0.3 is 5.97 Å². The van der Waals surface area contributed by atoms with Gasteiger partial charge in [0.25, 0.3) is 11.1 Å². The van der Waals surface area contributed by atoms with Crippen molar-refractivity contribution in [2.75, 3.05) is 0 Å². The number of carbonyl (C=O) groups excluding carboxylic acids is 2. The zero-order valence-electron chi connectivity index (χ0n) is 11.0. The largest absolute Gasteiger partial charge is 0.478 e. The molecular weight excluding hydrogens is 278 g/mol. The van der Waals surface area contributed by atoms with E-state index in [1.54, 1.807) is 32.1 Å². The van der Waals surface area contributed by atoms with Crippen molar-refractivity contribution < 1.29 is 19.5 Å². The van der Waals surface area contributed by atoms with E-state index in [0.29, 0.717) is 10.5 Å². The predicted molar refractivity (Wildman–Crippen MR) is 76.3 cm³/mol. The van der Waals surface area contributed by atoms with Gasteiger partial charge in [0.05, 0.1) is 10.5 Å². The van der Waals surface area contributed by atoms with E-state index in [1.807, 2.05) is 0 Å². The number of carboxylic acids is 1. The highest BCUT2D eigenvalue weighted by Crippen LogP contribution is 2.33. The molecule has 1 N–H and O–H groups in total. The summed E-state index contributed by atoms with van der Waals surface area (Å²) >= 11 is 0.898. The van der Waals surface area contributed by atoms with Crippen molar-refractivity contribution in [2.24, 2.45) is 0 Å². The molecule has 0 aromatic heterocycles. The van der Waals surface area contributed by atoms with E-state index in [-0.39, 0.29) is 22.8 Å². The molecule has 1 aliphatic rings. The Labute approximate surface area is 120 Å². The normalized spacial score (nSPS) is 17.4. The van der Waals surface area contributed by atoms with E-state index in [1.165, 1.54) is 17.0 Å². The van der Waals surface area contributed by atoms with Crippen LogP contribution in [0.15, 0.2) is 29.2 Å². The van der Waals surface area contributed by atoms with Gasteiger partial charge in [-0.05, 0) is 49.4 Å². The van der Waals surface area contributed by atoms with Crippen LogP contribution in [-0.4, -0.2) is 33.2 Å². The van der Waals surface area contributed by atoms with Gasteiger partial charge in [0.15, 0.2) is 0 Å². The van der Waals surface area contributed by atoms with Crippen molar-refractivity contribution in [1.29, 1.82) is 0 Å². The van der Waals surface area contributed by atoms with Crippen LogP contribution in [0, 0.1) is 0 Å². The van der Waals surface area contributed by atoms with E-state index in [0.717, 1.165) is 11.8 Å². The number of rotatable bonds is 3. The maximum Gasteiger partial charge on any atom is 0.335 e. The monoisotopic (exact) mass is 291 g/mol. The molecule has 1 heterocycles. The van der Waals surface area contributed by atoms with Gasteiger partial charge in [0, 0.05) is 6.04 Å². The van der Waals surface area contributed by atoms with Crippen LogP contribution in [0.3, 0.4) is 0 Å². The zero-order valence-corrected chi connectivity index (χ0v) is 11.8. The number of benzene rings is 1. The quantitative estimate of drug-likeness (QED) is 0.867. The smallest absolute Gasteiger partial charge is 0.335 e. The zero-order chi connectivity index (χ0) is 14.9. The van der Waals surface area contributed by atoms with Crippen molar-refractivity contribution in [2.45, 2.75) is 19.9 Å². The van der Waals surface area contributed by atoms with Crippen molar-refractivity contribution in [3.05, 3.63) is 40.3 Å². The number of thioether (sulfide) groups is 1. The molecule has 104 valence electrons. The number of carboxylic acid groups (broad SMARTS) is 1. The number of carbonyl (C=O) groups is 3. The molecule has 5 nitrogen and oxygen atoms in total. The summed E-state index contributed by atoms with van der Waals surface area (Å²) in [6.45, 7) is 3.56. The summed E-state index contributed by atoms with van der Waals surface area (Å²) in [7, 11) is 0. The van der Waals surface area contributed by atoms with Gasteiger partial charge in [-0.25, -0.2) is 4.79 Å². The molecule has 0 unspecified atom stereocenters. The standard InChI is InChI=1S/C14H13NO4S/c1-8(2)15-12(16)11(20-14(15)19)7-9-3-5-10(6-4-9)13(17)18/h3-8H,1-2H3,(H,17,18)/b11-7-. The van der Waals surface area contributed by atoms with Crippen LogP contribution >= 0.6 is 11.8 Å². The van der Waals surface area contributed by atoms with Crippen molar-refractivity contribution in [1.82, 2.24) is 4.90 Å². The SMILES string of the molecule is CC(C)N1C(=O)S/C(=C\c2ccc(C(=O)O)cc2)C1=O. The van der Waals surface area contributed by atoms with E-state index in [9.17, 15) is 14.4 Å². The molecule has 2 rings (SSSR count). The fraction of sp³-hybridized carbons (Fsp3) is 0.214. The Morgan fingerprint density at radius 2 is 1.85 bits per heavy atom.